The Morgan fingerprint density at radius 1 is 1.50 bits per heavy atom. The molecule has 1 saturated heterocycles. The van der Waals surface area contributed by atoms with Crippen molar-refractivity contribution in [1.82, 2.24) is 10.2 Å². The van der Waals surface area contributed by atoms with Gasteiger partial charge in [-0.1, -0.05) is 0 Å². The van der Waals surface area contributed by atoms with Crippen LogP contribution in [0.5, 0.6) is 0 Å². The van der Waals surface area contributed by atoms with Gasteiger partial charge >= 0.3 is 5.97 Å². The summed E-state index contributed by atoms with van der Waals surface area (Å²) in [5.41, 5.74) is 0. The van der Waals surface area contributed by atoms with Crippen LogP contribution in [-0.4, -0.2) is 50.6 Å². The molecule has 0 saturated carbocycles. The molecule has 1 aromatic heterocycles. The number of hydrogen-bond acceptors (Lipinski definition) is 4. The standard InChI is InChI=1S/C15H22IN3O2S/c1-17-15(18-8-5-12-3-4-13(16)22-12)19-9-6-11(7-10-19)14(20)21-2/h3-4,11H,5-10H2,1-2H3,(H,17,18). The van der Waals surface area contributed by atoms with Crippen molar-refractivity contribution in [3.05, 3.63) is 19.9 Å². The van der Waals surface area contributed by atoms with Gasteiger partial charge in [0.2, 0.25) is 0 Å². The summed E-state index contributed by atoms with van der Waals surface area (Å²) in [6, 6.07) is 4.33. The zero-order chi connectivity index (χ0) is 15.9. The molecular formula is C15H22IN3O2S. The van der Waals surface area contributed by atoms with Crippen LogP contribution in [0.4, 0.5) is 0 Å². The topological polar surface area (TPSA) is 53.9 Å². The smallest absolute Gasteiger partial charge is 0.308 e. The van der Waals surface area contributed by atoms with Gasteiger partial charge in [-0.2, -0.15) is 0 Å². The average molecular weight is 435 g/mol. The van der Waals surface area contributed by atoms with Gasteiger partial charge in [-0.25, -0.2) is 0 Å². The van der Waals surface area contributed by atoms with Crippen molar-refractivity contribution in [2.24, 2.45) is 10.9 Å². The van der Waals surface area contributed by atoms with Gasteiger partial charge in [0.1, 0.15) is 0 Å². The number of carbonyl (C=O) groups excluding carboxylic acids is 1. The molecule has 5 nitrogen and oxygen atoms in total. The Morgan fingerprint density at radius 3 is 2.77 bits per heavy atom. The largest absolute Gasteiger partial charge is 0.469 e. The van der Waals surface area contributed by atoms with Gasteiger partial charge in [-0.15, -0.1) is 11.3 Å². The van der Waals surface area contributed by atoms with Gasteiger partial charge in [0.15, 0.2) is 5.96 Å². The summed E-state index contributed by atoms with van der Waals surface area (Å²) in [6.45, 7) is 2.56. The lowest BCUT2D eigenvalue weighted by Crippen LogP contribution is -2.47. The molecule has 1 aliphatic rings. The highest BCUT2D eigenvalue weighted by Gasteiger charge is 2.26. The van der Waals surface area contributed by atoms with Crippen molar-refractivity contribution in [2.45, 2.75) is 19.3 Å². The fraction of sp³-hybridized carbons (Fsp3) is 0.600. The van der Waals surface area contributed by atoms with Crippen LogP contribution in [0.3, 0.4) is 0 Å². The highest BCUT2D eigenvalue weighted by atomic mass is 127. The number of aliphatic imine (C=N–C) groups is 1. The minimum absolute atomic E-state index is 0.0348. The number of ether oxygens (including phenoxy) is 1. The molecule has 1 aliphatic heterocycles. The molecule has 1 N–H and O–H groups in total. The molecule has 0 unspecified atom stereocenters. The van der Waals surface area contributed by atoms with Crippen LogP contribution in [0.2, 0.25) is 0 Å². The third-order valence-electron chi connectivity index (χ3n) is 3.82. The Hall–Kier alpha value is -0.830. The van der Waals surface area contributed by atoms with Crippen molar-refractivity contribution in [3.8, 4) is 0 Å². The first-order valence-corrected chi connectivity index (χ1v) is 9.31. The highest BCUT2D eigenvalue weighted by molar-refractivity contribution is 14.1. The lowest BCUT2D eigenvalue weighted by Gasteiger charge is -2.33. The fourth-order valence-corrected chi connectivity index (χ4v) is 4.36. The molecule has 0 spiro atoms. The van der Waals surface area contributed by atoms with Crippen molar-refractivity contribution < 1.29 is 9.53 Å². The second kappa shape index (κ2) is 8.71. The molecule has 0 bridgehead atoms. The van der Waals surface area contributed by atoms with Gasteiger partial charge in [0.25, 0.3) is 0 Å². The van der Waals surface area contributed by atoms with Crippen LogP contribution >= 0.6 is 33.9 Å². The predicted octanol–water partition coefficient (Wildman–Crippen LogP) is 2.36. The number of halogens is 1. The first-order valence-electron chi connectivity index (χ1n) is 7.41. The molecule has 1 fully saturated rings. The summed E-state index contributed by atoms with van der Waals surface area (Å²) >= 11 is 4.18. The van der Waals surface area contributed by atoms with E-state index in [1.807, 2.05) is 18.4 Å². The van der Waals surface area contributed by atoms with Crippen molar-refractivity contribution in [3.63, 3.8) is 0 Å². The molecule has 22 heavy (non-hydrogen) atoms. The number of rotatable bonds is 4. The second-order valence-corrected chi connectivity index (χ2v) is 8.28. The van der Waals surface area contributed by atoms with Crippen LogP contribution in [0, 0.1) is 8.80 Å². The van der Waals surface area contributed by atoms with Gasteiger partial charge in [0, 0.05) is 31.6 Å². The quantitative estimate of drug-likeness (QED) is 0.342. The second-order valence-electron chi connectivity index (χ2n) is 5.21. The Labute approximate surface area is 149 Å². The van der Waals surface area contributed by atoms with Crippen molar-refractivity contribution in [2.75, 3.05) is 33.8 Å². The lowest BCUT2D eigenvalue weighted by atomic mass is 9.97. The van der Waals surface area contributed by atoms with Crippen LogP contribution in [0.15, 0.2) is 17.1 Å². The van der Waals surface area contributed by atoms with E-state index < -0.39 is 0 Å². The van der Waals surface area contributed by atoms with Crippen molar-refractivity contribution in [1.29, 1.82) is 0 Å². The summed E-state index contributed by atoms with van der Waals surface area (Å²) in [6.07, 6.45) is 2.66. The van der Waals surface area contributed by atoms with Gasteiger partial charge in [0.05, 0.1) is 15.9 Å². The van der Waals surface area contributed by atoms with Gasteiger partial charge in [-0.3, -0.25) is 9.79 Å². The van der Waals surface area contributed by atoms with Crippen LogP contribution in [0.1, 0.15) is 17.7 Å². The van der Waals surface area contributed by atoms with E-state index in [2.05, 4.69) is 49.9 Å². The van der Waals surface area contributed by atoms with E-state index in [0.717, 1.165) is 44.9 Å². The summed E-state index contributed by atoms with van der Waals surface area (Å²) in [5.74, 6) is 0.872. The van der Waals surface area contributed by atoms with E-state index in [0.29, 0.717) is 0 Å². The van der Waals surface area contributed by atoms with Crippen LogP contribution in [0.25, 0.3) is 0 Å². The van der Waals surface area contributed by atoms with E-state index in [1.54, 1.807) is 0 Å². The number of likely N-dealkylation sites (tertiary alicyclic amines) is 1. The van der Waals surface area contributed by atoms with Gasteiger partial charge < -0.3 is 15.0 Å². The molecule has 0 aromatic carbocycles. The lowest BCUT2D eigenvalue weighted by molar-refractivity contribution is -0.146. The molecule has 0 aliphatic carbocycles. The van der Waals surface area contributed by atoms with E-state index >= 15 is 0 Å². The van der Waals surface area contributed by atoms with E-state index in [4.69, 9.17) is 4.74 Å². The third-order valence-corrected chi connectivity index (χ3v) is 5.78. The Morgan fingerprint density at radius 2 is 2.23 bits per heavy atom. The number of nitrogens with zero attached hydrogens (tertiary/aromatic N) is 2. The first kappa shape index (κ1) is 17.5. The molecule has 0 amide bonds. The highest BCUT2D eigenvalue weighted by Crippen LogP contribution is 2.19. The number of methoxy groups -OCH3 is 1. The van der Waals surface area contributed by atoms with Gasteiger partial charge in [-0.05, 0) is 54.0 Å². The number of nitrogens with one attached hydrogen (secondary N) is 1. The molecular weight excluding hydrogens is 413 g/mol. The zero-order valence-corrected chi connectivity index (χ0v) is 15.9. The maximum absolute atomic E-state index is 11.6. The van der Waals surface area contributed by atoms with Crippen molar-refractivity contribution >= 4 is 45.9 Å². The van der Waals surface area contributed by atoms with E-state index in [9.17, 15) is 4.79 Å². The Balaban J connectivity index is 1.77. The molecule has 0 radical (unpaired) electrons. The normalized spacial score (nSPS) is 16.7. The summed E-state index contributed by atoms with van der Waals surface area (Å²) < 4.78 is 6.15. The minimum atomic E-state index is -0.0881. The van der Waals surface area contributed by atoms with Crippen LogP contribution in [-0.2, 0) is 16.0 Å². The fourth-order valence-electron chi connectivity index (χ4n) is 2.61. The first-order chi connectivity index (χ1) is 10.6. The number of esters is 1. The zero-order valence-electron chi connectivity index (χ0n) is 13.0. The average Bonchev–Trinajstić information content (AvgIpc) is 2.96. The summed E-state index contributed by atoms with van der Waals surface area (Å²) in [5, 5.41) is 3.42. The molecule has 1 aromatic rings. The summed E-state index contributed by atoms with van der Waals surface area (Å²) in [4.78, 5) is 19.5. The van der Waals surface area contributed by atoms with E-state index in [1.165, 1.54) is 14.9 Å². The van der Waals surface area contributed by atoms with Crippen LogP contribution < -0.4 is 5.32 Å². The minimum Gasteiger partial charge on any atom is -0.469 e. The Bertz CT molecular complexity index is 525. The molecule has 7 heteroatoms. The molecule has 2 rings (SSSR count). The number of piperidine rings is 1. The van der Waals surface area contributed by atoms with E-state index in [-0.39, 0.29) is 11.9 Å². The maximum atomic E-state index is 11.6. The number of hydrogen-bond donors (Lipinski definition) is 1. The SMILES string of the molecule is CN=C(NCCc1ccc(I)s1)N1CCC(C(=O)OC)CC1. The molecule has 122 valence electrons. The number of carbonyl (C=O) groups is 1. The number of thiophene rings is 1. The number of guanidine groups is 1. The molecule has 0 atom stereocenters. The molecule has 2 heterocycles. The maximum Gasteiger partial charge on any atom is 0.308 e. The summed E-state index contributed by atoms with van der Waals surface area (Å²) in [7, 11) is 3.27. The Kier molecular flexibility index (Phi) is 6.94. The third kappa shape index (κ3) is 4.84. The monoisotopic (exact) mass is 435 g/mol. The predicted molar refractivity (Wildman–Crippen MR) is 98.4 cm³/mol.